The summed E-state index contributed by atoms with van der Waals surface area (Å²) in [4.78, 5) is 23.7. The molecule has 0 atom stereocenters. The second-order valence-corrected chi connectivity index (χ2v) is 5.85. The van der Waals surface area contributed by atoms with Crippen molar-refractivity contribution in [2.24, 2.45) is 0 Å². The van der Waals surface area contributed by atoms with Crippen LogP contribution in [0.25, 0.3) is 6.08 Å². The molecule has 10 heteroatoms. The molecule has 0 aliphatic carbocycles. The smallest absolute Gasteiger partial charge is 0.387 e. The van der Waals surface area contributed by atoms with Crippen LogP contribution in [-0.4, -0.2) is 39.0 Å². The number of nitrogens with one attached hydrogen (secondary N) is 1. The number of esters is 1. The van der Waals surface area contributed by atoms with Gasteiger partial charge >= 0.3 is 12.6 Å². The Bertz CT molecular complexity index is 962. The van der Waals surface area contributed by atoms with Crippen molar-refractivity contribution in [2.45, 2.75) is 6.61 Å². The molecule has 30 heavy (non-hydrogen) atoms. The molecule has 2 aromatic rings. The molecule has 158 valence electrons. The number of methoxy groups -OCH3 is 1. The molecule has 0 radical (unpaired) electrons. The average Bonchev–Trinajstić information content (AvgIpc) is 3.19. The van der Waals surface area contributed by atoms with Crippen molar-refractivity contribution < 1.29 is 42.1 Å². The molecule has 1 aliphatic heterocycles. The Morgan fingerprint density at radius 3 is 2.70 bits per heavy atom. The summed E-state index contributed by atoms with van der Waals surface area (Å²) in [5.74, 6) is -0.266. The number of anilines is 1. The third-order valence-corrected chi connectivity index (χ3v) is 3.82. The number of hydrogen-bond acceptors (Lipinski definition) is 7. The van der Waals surface area contributed by atoms with Crippen molar-refractivity contribution in [1.29, 1.82) is 0 Å². The minimum absolute atomic E-state index is 0.0777. The van der Waals surface area contributed by atoms with Crippen molar-refractivity contribution >= 4 is 23.6 Å². The van der Waals surface area contributed by atoms with Crippen LogP contribution in [0.4, 0.5) is 14.5 Å². The van der Waals surface area contributed by atoms with E-state index in [1.165, 1.54) is 31.4 Å². The summed E-state index contributed by atoms with van der Waals surface area (Å²) in [5, 5.41) is 2.57. The third kappa shape index (κ3) is 5.60. The van der Waals surface area contributed by atoms with E-state index in [-0.39, 0.29) is 18.3 Å². The fraction of sp³-hybridized carbons (Fsp3) is 0.200. The van der Waals surface area contributed by atoms with Crippen LogP contribution in [0.15, 0.2) is 42.5 Å². The number of fused-ring (bicyclic) bond motifs is 1. The second kappa shape index (κ2) is 9.59. The molecule has 0 bridgehead atoms. The van der Waals surface area contributed by atoms with Crippen LogP contribution < -0.4 is 24.3 Å². The van der Waals surface area contributed by atoms with Gasteiger partial charge in [-0.05, 0) is 35.9 Å². The van der Waals surface area contributed by atoms with Gasteiger partial charge in [0.05, 0.1) is 7.11 Å². The van der Waals surface area contributed by atoms with Gasteiger partial charge in [-0.2, -0.15) is 8.78 Å². The number of hydrogen-bond donors (Lipinski definition) is 1. The minimum atomic E-state index is -2.99. The normalized spacial score (nSPS) is 12.1. The number of ether oxygens (including phenoxy) is 5. The summed E-state index contributed by atoms with van der Waals surface area (Å²) in [6.45, 7) is -3.37. The van der Waals surface area contributed by atoms with E-state index >= 15 is 0 Å². The molecule has 3 rings (SSSR count). The van der Waals surface area contributed by atoms with Gasteiger partial charge in [0.1, 0.15) is 0 Å². The van der Waals surface area contributed by atoms with Crippen molar-refractivity contribution in [3.8, 4) is 23.0 Å². The number of benzene rings is 2. The van der Waals surface area contributed by atoms with E-state index in [0.717, 1.165) is 6.08 Å². The molecule has 0 fully saturated rings. The fourth-order valence-electron chi connectivity index (χ4n) is 2.50. The van der Waals surface area contributed by atoms with E-state index in [2.05, 4.69) is 10.1 Å². The monoisotopic (exact) mass is 421 g/mol. The van der Waals surface area contributed by atoms with Crippen molar-refractivity contribution in [3.63, 3.8) is 0 Å². The minimum Gasteiger partial charge on any atom is -0.493 e. The average molecular weight is 421 g/mol. The van der Waals surface area contributed by atoms with Gasteiger partial charge in [-0.3, -0.25) is 4.79 Å². The maximum Gasteiger partial charge on any atom is 0.387 e. The van der Waals surface area contributed by atoms with Gasteiger partial charge < -0.3 is 29.0 Å². The molecule has 1 N–H and O–H groups in total. The predicted molar refractivity (Wildman–Crippen MR) is 101 cm³/mol. The first-order valence-corrected chi connectivity index (χ1v) is 8.62. The molecule has 1 aliphatic rings. The van der Waals surface area contributed by atoms with Gasteiger partial charge in [-0.1, -0.05) is 6.07 Å². The number of carbonyl (C=O) groups excluding carboxylic acids is 2. The van der Waals surface area contributed by atoms with E-state index < -0.39 is 25.1 Å². The number of alkyl halides is 2. The molecule has 0 aromatic heterocycles. The summed E-state index contributed by atoms with van der Waals surface area (Å²) in [6.07, 6.45) is 2.48. The maximum atomic E-state index is 12.3. The van der Waals surface area contributed by atoms with E-state index in [0.29, 0.717) is 22.7 Å². The SMILES string of the molecule is COc1cc(/C=C/C(=O)OCC(=O)Nc2ccc3c(c2)OCO3)ccc1OC(F)F. The van der Waals surface area contributed by atoms with E-state index in [1.807, 2.05) is 0 Å². The van der Waals surface area contributed by atoms with Crippen LogP contribution in [0.1, 0.15) is 5.56 Å². The molecule has 2 aromatic carbocycles. The highest BCUT2D eigenvalue weighted by atomic mass is 19.3. The van der Waals surface area contributed by atoms with E-state index in [1.54, 1.807) is 18.2 Å². The standard InChI is InChI=1S/C20H17F2NO7/c1-26-16-8-12(2-5-15(16)30-20(21)22)3-7-19(25)27-10-18(24)23-13-4-6-14-17(9-13)29-11-28-14/h2-9,20H,10-11H2,1H3,(H,23,24)/b7-3+. The summed E-state index contributed by atoms with van der Waals surface area (Å²) in [6, 6.07) is 9.02. The Hall–Kier alpha value is -3.82. The maximum absolute atomic E-state index is 12.3. The summed E-state index contributed by atoms with van der Waals surface area (Å²) >= 11 is 0. The zero-order valence-electron chi connectivity index (χ0n) is 15.7. The molecule has 0 saturated carbocycles. The number of rotatable bonds is 8. The van der Waals surface area contributed by atoms with Gasteiger partial charge in [-0.25, -0.2) is 4.79 Å². The number of amides is 1. The fourth-order valence-corrected chi connectivity index (χ4v) is 2.50. The summed E-state index contributed by atoms with van der Waals surface area (Å²) in [7, 11) is 1.30. The topological polar surface area (TPSA) is 92.3 Å². The Labute approximate surface area is 169 Å². The van der Waals surface area contributed by atoms with Crippen LogP contribution in [-0.2, 0) is 14.3 Å². The van der Waals surface area contributed by atoms with Crippen LogP contribution in [0.2, 0.25) is 0 Å². The Balaban J connectivity index is 1.50. The summed E-state index contributed by atoms with van der Waals surface area (Å²) in [5.41, 5.74) is 0.948. The van der Waals surface area contributed by atoms with E-state index in [9.17, 15) is 18.4 Å². The summed E-state index contributed by atoms with van der Waals surface area (Å²) < 4.78 is 49.2. The van der Waals surface area contributed by atoms with Gasteiger partial charge in [0.25, 0.3) is 5.91 Å². The highest BCUT2D eigenvalue weighted by Crippen LogP contribution is 2.34. The first-order chi connectivity index (χ1) is 14.4. The second-order valence-electron chi connectivity index (χ2n) is 5.85. The van der Waals surface area contributed by atoms with Crippen molar-refractivity contribution in [3.05, 3.63) is 48.0 Å². The van der Waals surface area contributed by atoms with Crippen molar-refractivity contribution in [1.82, 2.24) is 0 Å². The first kappa shape index (κ1) is 20.9. The third-order valence-electron chi connectivity index (χ3n) is 3.82. The lowest BCUT2D eigenvalue weighted by molar-refractivity contribution is -0.142. The molecule has 8 nitrogen and oxygen atoms in total. The Morgan fingerprint density at radius 2 is 1.93 bits per heavy atom. The first-order valence-electron chi connectivity index (χ1n) is 8.62. The Morgan fingerprint density at radius 1 is 1.13 bits per heavy atom. The zero-order chi connectivity index (χ0) is 21.5. The quantitative estimate of drug-likeness (QED) is 0.517. The predicted octanol–water partition coefficient (Wildman–Crippen LogP) is 3.22. The lowest BCUT2D eigenvalue weighted by Gasteiger charge is -2.10. The highest BCUT2D eigenvalue weighted by Gasteiger charge is 2.15. The molecular weight excluding hydrogens is 404 g/mol. The lowest BCUT2D eigenvalue weighted by atomic mass is 10.2. The molecule has 1 amide bonds. The van der Waals surface area contributed by atoms with Crippen LogP contribution in [0.5, 0.6) is 23.0 Å². The van der Waals surface area contributed by atoms with Gasteiger partial charge in [-0.15, -0.1) is 0 Å². The van der Waals surface area contributed by atoms with Crippen LogP contribution in [0.3, 0.4) is 0 Å². The van der Waals surface area contributed by atoms with Gasteiger partial charge in [0.15, 0.2) is 29.6 Å². The largest absolute Gasteiger partial charge is 0.493 e. The molecular formula is C20H17F2NO7. The molecule has 0 spiro atoms. The lowest BCUT2D eigenvalue weighted by Crippen LogP contribution is -2.20. The van der Waals surface area contributed by atoms with Crippen LogP contribution in [0, 0.1) is 0 Å². The molecule has 0 saturated heterocycles. The Kier molecular flexibility index (Phi) is 6.68. The number of carbonyl (C=O) groups is 2. The van der Waals surface area contributed by atoms with E-state index in [4.69, 9.17) is 18.9 Å². The van der Waals surface area contributed by atoms with Gasteiger partial charge in [0, 0.05) is 17.8 Å². The zero-order valence-corrected chi connectivity index (χ0v) is 15.7. The van der Waals surface area contributed by atoms with Gasteiger partial charge in [0.2, 0.25) is 6.79 Å². The molecule has 0 unspecified atom stereocenters. The van der Waals surface area contributed by atoms with Crippen molar-refractivity contribution in [2.75, 3.05) is 25.8 Å². The highest BCUT2D eigenvalue weighted by molar-refractivity contribution is 5.94. The number of halogens is 2. The van der Waals surface area contributed by atoms with Crippen LogP contribution >= 0.6 is 0 Å². The molecule has 1 heterocycles.